The lowest BCUT2D eigenvalue weighted by molar-refractivity contribution is 0.340. The van der Waals surface area contributed by atoms with E-state index in [4.69, 9.17) is 9.47 Å². The molecule has 0 radical (unpaired) electrons. The van der Waals surface area contributed by atoms with Crippen molar-refractivity contribution in [3.63, 3.8) is 0 Å². The highest BCUT2D eigenvalue weighted by Crippen LogP contribution is 2.23. The molecule has 2 rings (SSSR count). The number of hydrogen-bond acceptors (Lipinski definition) is 4. The SMILES string of the molecule is CCOc1cccc(NCc2c(C)nn(C)c2OC)c1. The summed E-state index contributed by atoms with van der Waals surface area (Å²) in [6, 6.07) is 7.92. The molecule has 1 N–H and O–H groups in total. The Morgan fingerprint density at radius 1 is 1.35 bits per heavy atom. The second-order valence-corrected chi connectivity index (χ2v) is 4.51. The third-order valence-electron chi connectivity index (χ3n) is 3.10. The number of nitrogens with one attached hydrogen (secondary N) is 1. The van der Waals surface area contributed by atoms with E-state index in [9.17, 15) is 0 Å². The van der Waals surface area contributed by atoms with Crippen molar-refractivity contribution >= 4 is 5.69 Å². The van der Waals surface area contributed by atoms with Crippen LogP contribution in [0.5, 0.6) is 11.6 Å². The number of methoxy groups -OCH3 is 1. The van der Waals surface area contributed by atoms with Gasteiger partial charge >= 0.3 is 0 Å². The minimum atomic E-state index is 0.665. The molecule has 1 aromatic carbocycles. The Kier molecular flexibility index (Phi) is 4.50. The fourth-order valence-corrected chi connectivity index (χ4v) is 2.19. The summed E-state index contributed by atoms with van der Waals surface area (Å²) in [6.45, 7) is 5.29. The lowest BCUT2D eigenvalue weighted by Crippen LogP contribution is -2.03. The van der Waals surface area contributed by atoms with Crippen molar-refractivity contribution in [1.29, 1.82) is 0 Å². The van der Waals surface area contributed by atoms with Gasteiger partial charge in [-0.1, -0.05) is 6.07 Å². The fraction of sp³-hybridized carbons (Fsp3) is 0.400. The van der Waals surface area contributed by atoms with E-state index in [-0.39, 0.29) is 0 Å². The van der Waals surface area contributed by atoms with Crippen LogP contribution in [0.25, 0.3) is 0 Å². The van der Waals surface area contributed by atoms with E-state index in [1.807, 2.05) is 45.2 Å². The molecule has 0 bridgehead atoms. The molecule has 2 aromatic rings. The van der Waals surface area contributed by atoms with Gasteiger partial charge in [0.05, 0.1) is 25.0 Å². The van der Waals surface area contributed by atoms with Crippen molar-refractivity contribution in [3.05, 3.63) is 35.5 Å². The summed E-state index contributed by atoms with van der Waals surface area (Å²) in [5.41, 5.74) is 3.05. The molecule has 0 saturated carbocycles. The van der Waals surface area contributed by atoms with Gasteiger partial charge in [-0.25, -0.2) is 4.68 Å². The van der Waals surface area contributed by atoms with Crippen LogP contribution in [0.4, 0.5) is 5.69 Å². The Morgan fingerprint density at radius 2 is 2.15 bits per heavy atom. The van der Waals surface area contributed by atoms with Crippen LogP contribution < -0.4 is 14.8 Å². The average Bonchev–Trinajstić information content (AvgIpc) is 2.71. The predicted molar refractivity (Wildman–Crippen MR) is 79.4 cm³/mol. The molecular formula is C15H21N3O2. The molecule has 5 heteroatoms. The van der Waals surface area contributed by atoms with Gasteiger partial charge in [0.15, 0.2) is 0 Å². The van der Waals surface area contributed by atoms with Crippen LogP contribution >= 0.6 is 0 Å². The van der Waals surface area contributed by atoms with Crippen LogP contribution in [-0.2, 0) is 13.6 Å². The lowest BCUT2D eigenvalue weighted by atomic mass is 10.2. The quantitative estimate of drug-likeness (QED) is 0.880. The van der Waals surface area contributed by atoms with Crippen LogP contribution in [0.15, 0.2) is 24.3 Å². The molecule has 0 saturated heterocycles. The van der Waals surface area contributed by atoms with E-state index in [2.05, 4.69) is 10.4 Å². The number of ether oxygens (including phenoxy) is 2. The number of aryl methyl sites for hydroxylation is 2. The zero-order chi connectivity index (χ0) is 14.5. The molecule has 0 fully saturated rings. The Labute approximate surface area is 119 Å². The Bertz CT molecular complexity index is 578. The molecule has 0 unspecified atom stereocenters. The van der Waals surface area contributed by atoms with Crippen LogP contribution in [0.3, 0.4) is 0 Å². The Hall–Kier alpha value is -2.17. The maximum Gasteiger partial charge on any atom is 0.216 e. The molecule has 1 aromatic heterocycles. The van der Waals surface area contributed by atoms with Gasteiger partial charge in [0.25, 0.3) is 0 Å². The first kappa shape index (κ1) is 14.2. The van der Waals surface area contributed by atoms with Gasteiger partial charge in [0, 0.05) is 25.3 Å². The number of aromatic nitrogens is 2. The Morgan fingerprint density at radius 3 is 2.85 bits per heavy atom. The van der Waals surface area contributed by atoms with Crippen molar-refractivity contribution in [3.8, 4) is 11.6 Å². The molecular weight excluding hydrogens is 254 g/mol. The third kappa shape index (κ3) is 3.04. The molecule has 108 valence electrons. The smallest absolute Gasteiger partial charge is 0.216 e. The lowest BCUT2D eigenvalue weighted by Gasteiger charge is -2.10. The van der Waals surface area contributed by atoms with E-state index in [1.54, 1.807) is 11.8 Å². The summed E-state index contributed by atoms with van der Waals surface area (Å²) in [5, 5.41) is 7.74. The number of anilines is 1. The third-order valence-corrected chi connectivity index (χ3v) is 3.10. The molecule has 1 heterocycles. The standard InChI is InChI=1S/C15H21N3O2/c1-5-20-13-8-6-7-12(9-13)16-10-14-11(2)17-18(3)15(14)19-4/h6-9,16H,5,10H2,1-4H3. The Balaban J connectivity index is 2.10. The maximum absolute atomic E-state index is 5.49. The van der Waals surface area contributed by atoms with Crippen molar-refractivity contribution in [1.82, 2.24) is 9.78 Å². The summed E-state index contributed by atoms with van der Waals surface area (Å²) >= 11 is 0. The van der Waals surface area contributed by atoms with E-state index < -0.39 is 0 Å². The number of hydrogen-bond donors (Lipinski definition) is 1. The molecule has 20 heavy (non-hydrogen) atoms. The van der Waals surface area contributed by atoms with E-state index in [0.29, 0.717) is 13.2 Å². The van der Waals surface area contributed by atoms with Gasteiger partial charge in [0.1, 0.15) is 5.75 Å². The summed E-state index contributed by atoms with van der Waals surface area (Å²) in [5.74, 6) is 1.66. The first-order valence-electron chi connectivity index (χ1n) is 6.69. The van der Waals surface area contributed by atoms with E-state index in [1.165, 1.54) is 0 Å². The highest BCUT2D eigenvalue weighted by molar-refractivity contribution is 5.49. The summed E-state index contributed by atoms with van der Waals surface area (Å²) in [6.07, 6.45) is 0. The zero-order valence-corrected chi connectivity index (χ0v) is 12.4. The number of nitrogens with zero attached hydrogens (tertiary/aromatic N) is 2. The molecule has 0 aliphatic rings. The van der Waals surface area contributed by atoms with Gasteiger partial charge in [0.2, 0.25) is 5.88 Å². The van der Waals surface area contributed by atoms with Crippen LogP contribution in [-0.4, -0.2) is 23.5 Å². The largest absolute Gasteiger partial charge is 0.494 e. The number of rotatable bonds is 6. The first-order valence-corrected chi connectivity index (χ1v) is 6.69. The van der Waals surface area contributed by atoms with Crippen molar-refractivity contribution in [2.45, 2.75) is 20.4 Å². The van der Waals surface area contributed by atoms with Crippen LogP contribution in [0.1, 0.15) is 18.2 Å². The van der Waals surface area contributed by atoms with Gasteiger partial charge in [-0.3, -0.25) is 0 Å². The second kappa shape index (κ2) is 6.32. The van der Waals surface area contributed by atoms with Gasteiger partial charge in [-0.05, 0) is 26.0 Å². The predicted octanol–water partition coefficient (Wildman–Crippen LogP) is 2.75. The van der Waals surface area contributed by atoms with E-state index >= 15 is 0 Å². The molecule has 5 nitrogen and oxygen atoms in total. The first-order chi connectivity index (χ1) is 9.65. The zero-order valence-electron chi connectivity index (χ0n) is 12.4. The number of benzene rings is 1. The van der Waals surface area contributed by atoms with Crippen molar-refractivity contribution < 1.29 is 9.47 Å². The average molecular weight is 275 g/mol. The second-order valence-electron chi connectivity index (χ2n) is 4.51. The van der Waals surface area contributed by atoms with E-state index in [0.717, 1.165) is 28.6 Å². The molecule has 0 spiro atoms. The topological polar surface area (TPSA) is 48.3 Å². The molecule has 0 aliphatic heterocycles. The van der Waals surface area contributed by atoms with Crippen LogP contribution in [0, 0.1) is 6.92 Å². The monoisotopic (exact) mass is 275 g/mol. The normalized spacial score (nSPS) is 10.4. The van der Waals surface area contributed by atoms with Crippen molar-refractivity contribution in [2.24, 2.45) is 7.05 Å². The summed E-state index contributed by atoms with van der Waals surface area (Å²) in [7, 11) is 3.54. The fourth-order valence-electron chi connectivity index (χ4n) is 2.19. The molecule has 0 aliphatic carbocycles. The van der Waals surface area contributed by atoms with Gasteiger partial charge in [-0.15, -0.1) is 0 Å². The minimum Gasteiger partial charge on any atom is -0.494 e. The maximum atomic E-state index is 5.49. The minimum absolute atomic E-state index is 0.665. The van der Waals surface area contributed by atoms with Crippen LogP contribution in [0.2, 0.25) is 0 Å². The highest BCUT2D eigenvalue weighted by Gasteiger charge is 2.13. The summed E-state index contributed by atoms with van der Waals surface area (Å²) < 4.78 is 12.6. The highest BCUT2D eigenvalue weighted by atomic mass is 16.5. The van der Waals surface area contributed by atoms with Crippen molar-refractivity contribution in [2.75, 3.05) is 19.0 Å². The summed E-state index contributed by atoms with van der Waals surface area (Å²) in [4.78, 5) is 0. The van der Waals surface area contributed by atoms with Gasteiger partial charge in [-0.2, -0.15) is 5.10 Å². The molecule has 0 atom stereocenters. The molecule has 0 amide bonds. The van der Waals surface area contributed by atoms with Gasteiger partial charge < -0.3 is 14.8 Å².